The van der Waals surface area contributed by atoms with Crippen LogP contribution >= 0.6 is 0 Å². The van der Waals surface area contributed by atoms with Crippen molar-refractivity contribution in [2.45, 2.75) is 19.4 Å². The smallest absolute Gasteiger partial charge is 0.147 e. The van der Waals surface area contributed by atoms with Gasteiger partial charge in [0, 0.05) is 12.5 Å². The molecule has 1 atom stereocenters. The van der Waals surface area contributed by atoms with Gasteiger partial charge in [-0.05, 0) is 6.92 Å². The lowest BCUT2D eigenvalue weighted by Gasteiger charge is -2.10. The summed E-state index contributed by atoms with van der Waals surface area (Å²) < 4.78 is 0. The van der Waals surface area contributed by atoms with Crippen molar-refractivity contribution in [1.82, 2.24) is 9.97 Å². The molecule has 0 aliphatic rings. The van der Waals surface area contributed by atoms with Crippen LogP contribution in [0.1, 0.15) is 13.3 Å². The Kier molecular flexibility index (Phi) is 3.09. The van der Waals surface area contributed by atoms with Gasteiger partial charge >= 0.3 is 0 Å². The van der Waals surface area contributed by atoms with Crippen molar-refractivity contribution in [3.63, 3.8) is 0 Å². The third-order valence-corrected chi connectivity index (χ3v) is 1.47. The molecule has 1 heterocycles. The first kappa shape index (κ1) is 9.33. The predicted molar refractivity (Wildman–Crippen MR) is 53.0 cm³/mol. The van der Waals surface area contributed by atoms with Crippen molar-refractivity contribution >= 4 is 11.6 Å². The third-order valence-electron chi connectivity index (χ3n) is 1.47. The molecule has 0 amide bonds. The summed E-state index contributed by atoms with van der Waals surface area (Å²) in [6.45, 7) is 1.98. The Morgan fingerprint density at radius 3 is 3.08 bits per heavy atom. The highest BCUT2D eigenvalue weighted by Crippen LogP contribution is 2.05. The fraction of sp³-hybridized carbons (Fsp3) is 0.333. The first-order chi connectivity index (χ1) is 6.22. The van der Waals surface area contributed by atoms with Gasteiger partial charge in [0.05, 0.1) is 12.4 Å². The van der Waals surface area contributed by atoms with E-state index in [1.54, 1.807) is 6.20 Å². The molecule has 0 spiro atoms. The summed E-state index contributed by atoms with van der Waals surface area (Å²) in [6, 6.07) is 0.182. The van der Waals surface area contributed by atoms with E-state index in [0.717, 1.165) is 0 Å². The van der Waals surface area contributed by atoms with Gasteiger partial charge in [-0.3, -0.25) is 4.98 Å². The average molecular weight is 176 g/mol. The molecule has 3 N–H and O–H groups in total. The van der Waals surface area contributed by atoms with Crippen LogP contribution in [0.4, 0.5) is 11.6 Å². The minimum Gasteiger partial charge on any atom is -0.382 e. The SMILES string of the molecule is C#CCC(C)Nc1cncc(N)n1. The monoisotopic (exact) mass is 176 g/mol. The Balaban J connectivity index is 2.59. The van der Waals surface area contributed by atoms with Gasteiger partial charge in [0.25, 0.3) is 0 Å². The normalized spacial score (nSPS) is 11.7. The van der Waals surface area contributed by atoms with E-state index < -0.39 is 0 Å². The van der Waals surface area contributed by atoms with Crippen molar-refractivity contribution in [2.75, 3.05) is 11.1 Å². The highest BCUT2D eigenvalue weighted by molar-refractivity contribution is 5.39. The van der Waals surface area contributed by atoms with E-state index in [-0.39, 0.29) is 6.04 Å². The molecule has 1 aromatic heterocycles. The van der Waals surface area contributed by atoms with Crippen molar-refractivity contribution in [3.05, 3.63) is 12.4 Å². The standard InChI is InChI=1S/C9H12N4/c1-3-4-7(2)12-9-6-11-5-8(10)13-9/h1,5-7H,4H2,2H3,(H3,10,12,13). The average Bonchev–Trinajstić information content (AvgIpc) is 2.04. The minimum absolute atomic E-state index is 0.182. The molecule has 0 saturated heterocycles. The maximum absolute atomic E-state index is 5.45. The highest BCUT2D eigenvalue weighted by Gasteiger charge is 2.00. The molecule has 0 aliphatic heterocycles. The summed E-state index contributed by atoms with van der Waals surface area (Å²) in [5.41, 5.74) is 5.45. The number of nitrogens with one attached hydrogen (secondary N) is 1. The van der Waals surface area contributed by atoms with Crippen LogP contribution in [0.15, 0.2) is 12.4 Å². The Morgan fingerprint density at radius 2 is 2.46 bits per heavy atom. The van der Waals surface area contributed by atoms with Crippen LogP contribution in [-0.2, 0) is 0 Å². The lowest BCUT2D eigenvalue weighted by molar-refractivity contribution is 0.820. The van der Waals surface area contributed by atoms with Crippen LogP contribution in [0, 0.1) is 12.3 Å². The number of aromatic nitrogens is 2. The molecule has 4 nitrogen and oxygen atoms in total. The number of nitrogens with zero attached hydrogens (tertiary/aromatic N) is 2. The lowest BCUT2D eigenvalue weighted by Crippen LogP contribution is -2.15. The minimum atomic E-state index is 0.182. The van der Waals surface area contributed by atoms with E-state index >= 15 is 0 Å². The summed E-state index contributed by atoms with van der Waals surface area (Å²) in [5.74, 6) is 3.62. The zero-order valence-electron chi connectivity index (χ0n) is 7.49. The van der Waals surface area contributed by atoms with Gasteiger partial charge in [-0.25, -0.2) is 4.98 Å². The lowest BCUT2D eigenvalue weighted by atomic mass is 10.2. The van der Waals surface area contributed by atoms with Crippen LogP contribution < -0.4 is 11.1 Å². The van der Waals surface area contributed by atoms with Crippen LogP contribution in [0.25, 0.3) is 0 Å². The summed E-state index contributed by atoms with van der Waals surface area (Å²) in [4.78, 5) is 7.93. The second kappa shape index (κ2) is 4.31. The number of nitrogens with two attached hydrogens (primary N) is 1. The van der Waals surface area contributed by atoms with Crippen LogP contribution in [-0.4, -0.2) is 16.0 Å². The quantitative estimate of drug-likeness (QED) is 0.671. The van der Waals surface area contributed by atoms with Gasteiger partial charge in [0.2, 0.25) is 0 Å². The molecule has 0 radical (unpaired) electrons. The Hall–Kier alpha value is -1.76. The van der Waals surface area contributed by atoms with E-state index in [9.17, 15) is 0 Å². The molecule has 1 aromatic rings. The first-order valence-corrected chi connectivity index (χ1v) is 4.00. The van der Waals surface area contributed by atoms with E-state index in [4.69, 9.17) is 12.2 Å². The number of hydrogen-bond acceptors (Lipinski definition) is 4. The van der Waals surface area contributed by atoms with E-state index in [2.05, 4.69) is 21.2 Å². The Morgan fingerprint density at radius 1 is 1.69 bits per heavy atom. The summed E-state index contributed by atoms with van der Waals surface area (Å²) in [6.07, 6.45) is 8.92. The number of terminal acetylenes is 1. The van der Waals surface area contributed by atoms with Gasteiger partial charge in [-0.15, -0.1) is 12.3 Å². The first-order valence-electron chi connectivity index (χ1n) is 4.00. The molecule has 13 heavy (non-hydrogen) atoms. The highest BCUT2D eigenvalue weighted by atomic mass is 15.1. The molecule has 1 rings (SSSR count). The van der Waals surface area contributed by atoms with Gasteiger partial charge in [-0.2, -0.15) is 0 Å². The summed E-state index contributed by atoms with van der Waals surface area (Å²) in [7, 11) is 0. The van der Waals surface area contributed by atoms with E-state index in [1.807, 2.05) is 6.92 Å². The maximum Gasteiger partial charge on any atom is 0.147 e. The molecule has 68 valence electrons. The van der Waals surface area contributed by atoms with Crippen LogP contribution in [0.5, 0.6) is 0 Å². The molecule has 0 fully saturated rings. The molecular formula is C9H12N4. The molecule has 0 aromatic carbocycles. The molecular weight excluding hydrogens is 164 g/mol. The molecule has 1 unspecified atom stereocenters. The summed E-state index contributed by atoms with van der Waals surface area (Å²) >= 11 is 0. The van der Waals surface area contributed by atoms with Crippen molar-refractivity contribution in [2.24, 2.45) is 0 Å². The Bertz CT molecular complexity index is 316. The molecule has 0 bridgehead atoms. The van der Waals surface area contributed by atoms with Gasteiger partial charge in [0.1, 0.15) is 11.6 Å². The topological polar surface area (TPSA) is 63.8 Å². The second-order valence-corrected chi connectivity index (χ2v) is 2.78. The van der Waals surface area contributed by atoms with E-state index in [0.29, 0.717) is 18.1 Å². The van der Waals surface area contributed by atoms with Crippen molar-refractivity contribution in [3.8, 4) is 12.3 Å². The molecule has 0 saturated carbocycles. The van der Waals surface area contributed by atoms with Crippen LogP contribution in [0.2, 0.25) is 0 Å². The van der Waals surface area contributed by atoms with E-state index in [1.165, 1.54) is 6.20 Å². The number of anilines is 2. The fourth-order valence-electron chi connectivity index (χ4n) is 0.931. The van der Waals surface area contributed by atoms with Crippen molar-refractivity contribution in [1.29, 1.82) is 0 Å². The number of rotatable bonds is 3. The summed E-state index contributed by atoms with van der Waals surface area (Å²) in [5, 5.41) is 3.09. The van der Waals surface area contributed by atoms with Gasteiger partial charge < -0.3 is 11.1 Å². The number of nitrogen functional groups attached to an aromatic ring is 1. The fourth-order valence-corrected chi connectivity index (χ4v) is 0.931. The zero-order valence-corrected chi connectivity index (χ0v) is 7.49. The largest absolute Gasteiger partial charge is 0.382 e. The zero-order chi connectivity index (χ0) is 9.68. The second-order valence-electron chi connectivity index (χ2n) is 2.78. The molecule has 0 aliphatic carbocycles. The van der Waals surface area contributed by atoms with Crippen molar-refractivity contribution < 1.29 is 0 Å². The third kappa shape index (κ3) is 2.99. The maximum atomic E-state index is 5.45. The Labute approximate surface area is 77.6 Å². The predicted octanol–water partition coefficient (Wildman–Crippen LogP) is 0.883. The van der Waals surface area contributed by atoms with Gasteiger partial charge in [-0.1, -0.05) is 0 Å². The van der Waals surface area contributed by atoms with Gasteiger partial charge in [0.15, 0.2) is 0 Å². The van der Waals surface area contributed by atoms with Crippen LogP contribution in [0.3, 0.4) is 0 Å². The molecule has 4 heteroatoms. The number of hydrogen-bond donors (Lipinski definition) is 2.